The summed E-state index contributed by atoms with van der Waals surface area (Å²) in [6, 6.07) is 5.04. The number of hydrogen-bond acceptors (Lipinski definition) is 6. The van der Waals surface area contributed by atoms with Crippen molar-refractivity contribution in [2.75, 3.05) is 12.4 Å². The van der Waals surface area contributed by atoms with Gasteiger partial charge in [0.05, 0.1) is 41.4 Å². The number of H-pyrrole nitrogens is 1. The van der Waals surface area contributed by atoms with Crippen LogP contribution < -0.4 is 5.32 Å². The molecule has 0 aliphatic carbocycles. The van der Waals surface area contributed by atoms with Crippen molar-refractivity contribution in [3.63, 3.8) is 0 Å². The van der Waals surface area contributed by atoms with Crippen LogP contribution in [0.1, 0.15) is 32.2 Å². The number of benzene rings is 1. The minimum Gasteiger partial charge on any atom is -0.464 e. The average molecular weight is 325 g/mol. The summed E-state index contributed by atoms with van der Waals surface area (Å²) in [5, 5.41) is 8.87. The van der Waals surface area contributed by atoms with E-state index in [2.05, 4.69) is 30.2 Å². The molecule has 3 aromatic rings. The maximum absolute atomic E-state index is 12.4. The molecule has 8 nitrogen and oxygen atoms in total. The Bertz CT molecular complexity index is 948. The normalized spacial score (nSPS) is 10.6. The minimum absolute atomic E-state index is 0.0814. The van der Waals surface area contributed by atoms with Gasteiger partial charge in [-0.15, -0.1) is 0 Å². The zero-order valence-electron chi connectivity index (χ0n) is 13.4. The summed E-state index contributed by atoms with van der Waals surface area (Å²) in [5.41, 5.74) is 3.73. The summed E-state index contributed by atoms with van der Waals surface area (Å²) >= 11 is 0. The van der Waals surface area contributed by atoms with Crippen molar-refractivity contribution >= 4 is 28.6 Å². The maximum atomic E-state index is 12.4. The Hall–Kier alpha value is -3.29. The van der Waals surface area contributed by atoms with E-state index in [1.807, 2.05) is 13.8 Å². The smallest absolute Gasteiger partial charge is 0.358 e. The number of hydrogen-bond donors (Lipinski definition) is 2. The molecule has 0 fully saturated rings. The predicted molar refractivity (Wildman–Crippen MR) is 86.9 cm³/mol. The molecule has 2 aromatic heterocycles. The molecule has 3 rings (SSSR count). The first kappa shape index (κ1) is 15.6. The number of carbonyl (C=O) groups is 2. The molecule has 24 heavy (non-hydrogen) atoms. The second-order valence-corrected chi connectivity index (χ2v) is 5.20. The summed E-state index contributed by atoms with van der Waals surface area (Å²) in [6.07, 6.45) is 1.35. The number of aryl methyl sites for hydroxylation is 2. The zero-order chi connectivity index (χ0) is 17.3. The maximum Gasteiger partial charge on any atom is 0.358 e. The van der Waals surface area contributed by atoms with E-state index in [-0.39, 0.29) is 17.3 Å². The largest absolute Gasteiger partial charge is 0.464 e. The lowest BCUT2D eigenvalue weighted by molar-refractivity contribution is 0.0595. The molecule has 0 unspecified atom stereocenters. The first-order valence-electron chi connectivity index (χ1n) is 7.17. The summed E-state index contributed by atoms with van der Waals surface area (Å²) < 4.78 is 4.62. The van der Waals surface area contributed by atoms with Crippen LogP contribution >= 0.6 is 0 Å². The highest BCUT2D eigenvalue weighted by Crippen LogP contribution is 2.17. The lowest BCUT2D eigenvalue weighted by Crippen LogP contribution is -2.14. The monoisotopic (exact) mass is 325 g/mol. The number of esters is 1. The van der Waals surface area contributed by atoms with Gasteiger partial charge in [-0.2, -0.15) is 5.10 Å². The van der Waals surface area contributed by atoms with Gasteiger partial charge in [0, 0.05) is 5.56 Å². The van der Waals surface area contributed by atoms with Crippen LogP contribution in [0.4, 0.5) is 5.69 Å². The Kier molecular flexibility index (Phi) is 3.95. The van der Waals surface area contributed by atoms with Crippen LogP contribution in [-0.4, -0.2) is 39.2 Å². The summed E-state index contributed by atoms with van der Waals surface area (Å²) in [6.45, 7) is 3.75. The highest BCUT2D eigenvalue weighted by Gasteiger charge is 2.17. The van der Waals surface area contributed by atoms with Gasteiger partial charge in [-0.3, -0.25) is 9.89 Å². The van der Waals surface area contributed by atoms with Crippen LogP contribution in [0.2, 0.25) is 0 Å². The van der Waals surface area contributed by atoms with Crippen molar-refractivity contribution in [2.24, 2.45) is 0 Å². The second kappa shape index (κ2) is 6.07. The fraction of sp³-hybridized carbons (Fsp3) is 0.188. The summed E-state index contributed by atoms with van der Waals surface area (Å²) in [4.78, 5) is 32.9. The van der Waals surface area contributed by atoms with E-state index < -0.39 is 5.97 Å². The van der Waals surface area contributed by atoms with Crippen LogP contribution in [0.25, 0.3) is 11.0 Å². The quantitative estimate of drug-likeness (QED) is 0.713. The summed E-state index contributed by atoms with van der Waals surface area (Å²) in [7, 11) is 1.25. The molecule has 0 bridgehead atoms. The number of aromatic nitrogens is 4. The van der Waals surface area contributed by atoms with E-state index in [1.165, 1.54) is 13.3 Å². The van der Waals surface area contributed by atoms with Crippen molar-refractivity contribution in [2.45, 2.75) is 13.8 Å². The Morgan fingerprint density at radius 1 is 1.12 bits per heavy atom. The van der Waals surface area contributed by atoms with Gasteiger partial charge in [0.1, 0.15) is 0 Å². The van der Waals surface area contributed by atoms with Gasteiger partial charge in [0.25, 0.3) is 5.91 Å². The van der Waals surface area contributed by atoms with Crippen LogP contribution in [0.5, 0.6) is 0 Å². The Labute approximate surface area is 137 Å². The highest BCUT2D eigenvalue weighted by molar-refractivity contribution is 6.08. The molecular formula is C16H15N5O3. The van der Waals surface area contributed by atoms with Gasteiger partial charge in [0.2, 0.25) is 0 Å². The van der Waals surface area contributed by atoms with E-state index in [1.54, 1.807) is 18.2 Å². The first-order chi connectivity index (χ1) is 11.5. The van der Waals surface area contributed by atoms with Crippen molar-refractivity contribution in [3.8, 4) is 0 Å². The van der Waals surface area contributed by atoms with Gasteiger partial charge in [-0.1, -0.05) is 0 Å². The average Bonchev–Trinajstić information content (AvgIpc) is 3.02. The molecule has 0 spiro atoms. The molecule has 8 heteroatoms. The molecule has 0 radical (unpaired) electrons. The molecule has 2 N–H and O–H groups in total. The number of ether oxygens (including phenoxy) is 1. The lowest BCUT2D eigenvalue weighted by atomic mass is 10.1. The molecule has 0 aliphatic heterocycles. The molecular weight excluding hydrogens is 310 g/mol. The molecule has 0 atom stereocenters. The third kappa shape index (κ3) is 2.81. The lowest BCUT2D eigenvalue weighted by Gasteiger charge is -2.07. The Morgan fingerprint density at radius 3 is 2.54 bits per heavy atom. The van der Waals surface area contributed by atoms with Gasteiger partial charge >= 0.3 is 5.97 Å². The molecule has 0 aliphatic rings. The minimum atomic E-state index is -0.613. The first-order valence-corrected chi connectivity index (χ1v) is 7.17. The van der Waals surface area contributed by atoms with Crippen molar-refractivity contribution in [1.29, 1.82) is 0 Å². The Balaban J connectivity index is 1.90. The van der Waals surface area contributed by atoms with Crippen LogP contribution in [0, 0.1) is 13.8 Å². The number of anilines is 1. The number of amides is 1. The molecule has 0 saturated carbocycles. The molecule has 2 heterocycles. The fourth-order valence-corrected chi connectivity index (χ4v) is 2.20. The summed E-state index contributed by atoms with van der Waals surface area (Å²) in [5.74, 6) is -0.998. The van der Waals surface area contributed by atoms with Crippen LogP contribution in [-0.2, 0) is 4.74 Å². The molecule has 1 amide bonds. The SMILES string of the molecule is COC(=O)c1[nH]ncc1NC(=O)c1ccc2nc(C)c(C)nc2c1. The van der Waals surface area contributed by atoms with Gasteiger partial charge < -0.3 is 10.1 Å². The third-order valence-electron chi connectivity index (χ3n) is 3.61. The van der Waals surface area contributed by atoms with Gasteiger partial charge in [-0.25, -0.2) is 14.8 Å². The fourth-order valence-electron chi connectivity index (χ4n) is 2.20. The Morgan fingerprint density at radius 2 is 1.83 bits per heavy atom. The zero-order valence-corrected chi connectivity index (χ0v) is 13.4. The topological polar surface area (TPSA) is 110 Å². The molecule has 0 saturated heterocycles. The van der Waals surface area contributed by atoms with E-state index in [9.17, 15) is 9.59 Å². The van der Waals surface area contributed by atoms with Crippen molar-refractivity contribution < 1.29 is 14.3 Å². The highest BCUT2D eigenvalue weighted by atomic mass is 16.5. The second-order valence-electron chi connectivity index (χ2n) is 5.20. The van der Waals surface area contributed by atoms with E-state index in [0.717, 1.165) is 11.4 Å². The van der Waals surface area contributed by atoms with Crippen LogP contribution in [0.15, 0.2) is 24.4 Å². The number of fused-ring (bicyclic) bond motifs is 1. The van der Waals surface area contributed by atoms with Crippen molar-refractivity contribution in [1.82, 2.24) is 20.2 Å². The standard InChI is InChI=1S/C16H15N5O3/c1-8-9(2)19-12-6-10(4-5-11(12)18-8)15(22)20-13-7-17-21-14(13)16(23)24-3/h4-7H,1-3H3,(H,17,21)(H,20,22). The van der Waals surface area contributed by atoms with Crippen molar-refractivity contribution in [3.05, 3.63) is 47.0 Å². The van der Waals surface area contributed by atoms with E-state index >= 15 is 0 Å². The number of nitrogens with zero attached hydrogens (tertiary/aromatic N) is 3. The molecule has 1 aromatic carbocycles. The molecule has 122 valence electrons. The van der Waals surface area contributed by atoms with Gasteiger partial charge in [0.15, 0.2) is 5.69 Å². The number of aromatic amines is 1. The number of rotatable bonds is 3. The van der Waals surface area contributed by atoms with Gasteiger partial charge in [-0.05, 0) is 32.0 Å². The predicted octanol–water partition coefficient (Wildman–Crippen LogP) is 2.01. The van der Waals surface area contributed by atoms with E-state index in [0.29, 0.717) is 16.6 Å². The number of carbonyl (C=O) groups excluding carboxylic acids is 2. The van der Waals surface area contributed by atoms with Crippen LogP contribution in [0.3, 0.4) is 0 Å². The van der Waals surface area contributed by atoms with E-state index in [4.69, 9.17) is 0 Å². The number of methoxy groups -OCH3 is 1. The number of nitrogens with one attached hydrogen (secondary N) is 2. The third-order valence-corrected chi connectivity index (χ3v) is 3.61.